The molecule has 1 atom stereocenters. The number of allylic oxidation sites excluding steroid dienone is 16. The molecule has 0 aromatic carbocycles. The first kappa shape index (κ1) is 59.3. The largest absolute Gasteiger partial charge is 0.462 e. The van der Waals surface area contributed by atoms with E-state index in [2.05, 4.69) is 112 Å². The summed E-state index contributed by atoms with van der Waals surface area (Å²) in [5.74, 6) is -1.01. The van der Waals surface area contributed by atoms with Crippen LogP contribution in [0.1, 0.15) is 226 Å². The molecular weight excluding hydrogens is 781 g/mol. The Morgan fingerprint density at radius 2 is 0.651 bits per heavy atom. The number of carbonyl (C=O) groups is 3. The van der Waals surface area contributed by atoms with Gasteiger partial charge in [-0.2, -0.15) is 0 Å². The van der Waals surface area contributed by atoms with Crippen molar-refractivity contribution in [2.75, 3.05) is 13.2 Å². The van der Waals surface area contributed by atoms with Crippen molar-refractivity contribution in [3.8, 4) is 0 Å². The number of esters is 3. The Labute approximate surface area is 387 Å². The third-order valence-electron chi connectivity index (χ3n) is 10.6. The van der Waals surface area contributed by atoms with Gasteiger partial charge in [-0.05, 0) is 89.9 Å². The molecule has 6 nitrogen and oxygen atoms in total. The molecule has 358 valence electrons. The summed E-state index contributed by atoms with van der Waals surface area (Å²) < 4.78 is 16.7. The predicted molar refractivity (Wildman–Crippen MR) is 270 cm³/mol. The maximum Gasteiger partial charge on any atom is 0.306 e. The summed E-state index contributed by atoms with van der Waals surface area (Å²) in [6.07, 6.45) is 66.9. The molecule has 0 aliphatic rings. The van der Waals surface area contributed by atoms with Crippen LogP contribution in [-0.2, 0) is 28.6 Å². The second-order valence-electron chi connectivity index (χ2n) is 16.7. The summed E-state index contributed by atoms with van der Waals surface area (Å²) in [7, 11) is 0. The van der Waals surface area contributed by atoms with Gasteiger partial charge in [-0.15, -0.1) is 0 Å². The van der Waals surface area contributed by atoms with E-state index in [0.29, 0.717) is 19.3 Å². The second-order valence-corrected chi connectivity index (χ2v) is 16.7. The Kier molecular flexibility index (Phi) is 48.0. The molecule has 0 aliphatic carbocycles. The van der Waals surface area contributed by atoms with Crippen molar-refractivity contribution < 1.29 is 28.6 Å². The Hall–Kier alpha value is -3.67. The Morgan fingerprint density at radius 3 is 1.10 bits per heavy atom. The molecule has 0 spiro atoms. The molecule has 0 N–H and O–H groups in total. The highest BCUT2D eigenvalue weighted by Crippen LogP contribution is 2.13. The monoisotopic (exact) mass is 875 g/mol. The lowest BCUT2D eigenvalue weighted by Gasteiger charge is -2.18. The maximum absolute atomic E-state index is 12.8. The van der Waals surface area contributed by atoms with Gasteiger partial charge in [0.1, 0.15) is 13.2 Å². The lowest BCUT2D eigenvalue weighted by Crippen LogP contribution is -2.30. The minimum Gasteiger partial charge on any atom is -0.462 e. The molecule has 0 rings (SSSR count). The van der Waals surface area contributed by atoms with Crippen molar-refractivity contribution in [3.05, 3.63) is 97.2 Å². The topological polar surface area (TPSA) is 78.9 Å². The smallest absolute Gasteiger partial charge is 0.306 e. The molecule has 63 heavy (non-hydrogen) atoms. The van der Waals surface area contributed by atoms with Crippen LogP contribution in [0.4, 0.5) is 0 Å². The van der Waals surface area contributed by atoms with Gasteiger partial charge in [0.25, 0.3) is 0 Å². The van der Waals surface area contributed by atoms with Gasteiger partial charge >= 0.3 is 17.9 Å². The van der Waals surface area contributed by atoms with E-state index < -0.39 is 6.10 Å². The van der Waals surface area contributed by atoms with Crippen LogP contribution in [-0.4, -0.2) is 37.2 Å². The molecular formula is C57H94O6. The average molecular weight is 875 g/mol. The van der Waals surface area contributed by atoms with Crippen LogP contribution in [0.3, 0.4) is 0 Å². The number of rotatable bonds is 45. The van der Waals surface area contributed by atoms with Crippen molar-refractivity contribution in [1.82, 2.24) is 0 Å². The first-order valence-electron chi connectivity index (χ1n) is 25.7. The molecule has 0 unspecified atom stereocenters. The lowest BCUT2D eigenvalue weighted by molar-refractivity contribution is -0.166. The standard InChI is InChI=1S/C57H94O6/c1-4-7-10-13-16-19-21-23-25-27-28-30-31-33-35-38-41-44-47-50-56(59)62-53-54(52-61-55(58)49-46-43-40-37-18-15-12-9-6-3)63-57(60)51-48-45-42-39-36-34-32-29-26-24-22-20-17-14-11-8-5-2/h7,10,16-17,19-20,23-26,28,30,33,35,41,44,54H,4-6,8-9,11-15,18,21-22,27,29,31-32,34,36-40,42-43,45-53H2,1-3H3/b10-7-,19-16-,20-17-,25-23-,26-24-,30-28-,35-33-,44-41-/t54-/m1/s1. The summed E-state index contributed by atoms with van der Waals surface area (Å²) >= 11 is 0. The van der Waals surface area contributed by atoms with Gasteiger partial charge < -0.3 is 14.2 Å². The number of carbonyl (C=O) groups excluding carboxylic acids is 3. The van der Waals surface area contributed by atoms with Gasteiger partial charge in [0, 0.05) is 19.3 Å². The lowest BCUT2D eigenvalue weighted by atomic mass is 10.1. The second kappa shape index (κ2) is 51.0. The van der Waals surface area contributed by atoms with Crippen LogP contribution >= 0.6 is 0 Å². The fourth-order valence-electron chi connectivity index (χ4n) is 6.73. The number of unbranched alkanes of at least 4 members (excludes halogenated alkanes) is 18. The first-order chi connectivity index (χ1) is 31.0. The van der Waals surface area contributed by atoms with Crippen LogP contribution in [0.25, 0.3) is 0 Å². The highest BCUT2D eigenvalue weighted by atomic mass is 16.6. The summed E-state index contributed by atoms with van der Waals surface area (Å²) in [5, 5.41) is 0. The van der Waals surface area contributed by atoms with E-state index >= 15 is 0 Å². The molecule has 0 fully saturated rings. The van der Waals surface area contributed by atoms with Crippen LogP contribution in [0.5, 0.6) is 0 Å². The van der Waals surface area contributed by atoms with E-state index in [4.69, 9.17) is 14.2 Å². The number of hydrogen-bond acceptors (Lipinski definition) is 6. The van der Waals surface area contributed by atoms with Gasteiger partial charge in [-0.3, -0.25) is 14.4 Å². The molecule has 0 bridgehead atoms. The summed E-state index contributed by atoms with van der Waals surface area (Å²) in [4.78, 5) is 37.9. The Bertz CT molecular complexity index is 1280. The van der Waals surface area contributed by atoms with E-state index in [0.717, 1.165) is 89.9 Å². The van der Waals surface area contributed by atoms with Crippen LogP contribution in [0, 0.1) is 0 Å². The van der Waals surface area contributed by atoms with Crippen molar-refractivity contribution in [2.45, 2.75) is 232 Å². The molecule has 0 amide bonds. The van der Waals surface area contributed by atoms with Gasteiger partial charge in [0.2, 0.25) is 0 Å². The van der Waals surface area contributed by atoms with Crippen molar-refractivity contribution >= 4 is 17.9 Å². The van der Waals surface area contributed by atoms with Gasteiger partial charge in [0.05, 0.1) is 0 Å². The molecule has 0 radical (unpaired) electrons. The van der Waals surface area contributed by atoms with Crippen molar-refractivity contribution in [3.63, 3.8) is 0 Å². The zero-order valence-corrected chi connectivity index (χ0v) is 40.8. The van der Waals surface area contributed by atoms with E-state index in [1.807, 2.05) is 6.08 Å². The maximum atomic E-state index is 12.8. The van der Waals surface area contributed by atoms with E-state index in [1.165, 1.54) is 89.9 Å². The fraction of sp³-hybridized carbons (Fsp3) is 0.667. The van der Waals surface area contributed by atoms with Crippen LogP contribution < -0.4 is 0 Å². The van der Waals surface area contributed by atoms with E-state index in [-0.39, 0.29) is 37.5 Å². The van der Waals surface area contributed by atoms with Crippen molar-refractivity contribution in [2.24, 2.45) is 0 Å². The van der Waals surface area contributed by atoms with Gasteiger partial charge in [-0.1, -0.05) is 214 Å². The molecule has 0 aromatic rings. The third kappa shape index (κ3) is 49.2. The summed E-state index contributed by atoms with van der Waals surface area (Å²) in [5.41, 5.74) is 0. The minimum absolute atomic E-state index is 0.104. The Morgan fingerprint density at radius 1 is 0.333 bits per heavy atom. The van der Waals surface area contributed by atoms with E-state index in [1.54, 1.807) is 0 Å². The Balaban J connectivity index is 4.47. The van der Waals surface area contributed by atoms with Crippen molar-refractivity contribution in [1.29, 1.82) is 0 Å². The van der Waals surface area contributed by atoms with E-state index in [9.17, 15) is 14.4 Å². The molecule has 6 heteroatoms. The zero-order valence-electron chi connectivity index (χ0n) is 40.8. The quantitative estimate of drug-likeness (QED) is 0.0262. The fourth-order valence-corrected chi connectivity index (χ4v) is 6.73. The average Bonchev–Trinajstić information content (AvgIpc) is 3.28. The van der Waals surface area contributed by atoms with Gasteiger partial charge in [-0.25, -0.2) is 0 Å². The first-order valence-corrected chi connectivity index (χ1v) is 25.7. The summed E-state index contributed by atoms with van der Waals surface area (Å²) in [6.45, 7) is 6.40. The number of ether oxygens (including phenoxy) is 3. The molecule has 0 aromatic heterocycles. The highest BCUT2D eigenvalue weighted by Gasteiger charge is 2.19. The predicted octanol–water partition coefficient (Wildman–Crippen LogP) is 17.0. The van der Waals surface area contributed by atoms with Crippen LogP contribution in [0.15, 0.2) is 97.2 Å². The zero-order chi connectivity index (χ0) is 45.8. The highest BCUT2D eigenvalue weighted by molar-refractivity contribution is 5.71. The third-order valence-corrected chi connectivity index (χ3v) is 10.6. The molecule has 0 aliphatic heterocycles. The van der Waals surface area contributed by atoms with Gasteiger partial charge in [0.15, 0.2) is 6.10 Å². The normalized spacial score (nSPS) is 12.9. The van der Waals surface area contributed by atoms with Crippen LogP contribution in [0.2, 0.25) is 0 Å². The molecule has 0 saturated carbocycles. The SMILES string of the molecule is CC/C=C\C/C=C\C/C=C\C/C=C\C/C=C\C/C=C\CCC(=O)OC[C@@H](COC(=O)CCCCCCCCCCC)OC(=O)CCCCCCCCC/C=C\C/C=C\CCCCC. The number of hydrogen-bond donors (Lipinski definition) is 0. The molecule has 0 saturated heterocycles. The summed E-state index contributed by atoms with van der Waals surface area (Å²) in [6, 6.07) is 0. The minimum atomic E-state index is -0.810. The molecule has 0 heterocycles.